The Bertz CT molecular complexity index is 692. The van der Waals surface area contributed by atoms with Gasteiger partial charge in [-0.2, -0.15) is 0 Å². The highest BCUT2D eigenvalue weighted by molar-refractivity contribution is 5.52. The van der Waals surface area contributed by atoms with Crippen LogP contribution in [0.5, 0.6) is 0 Å². The minimum Gasteiger partial charge on any atom is -0.352 e. The molecule has 24 heavy (non-hydrogen) atoms. The van der Waals surface area contributed by atoms with Gasteiger partial charge < -0.3 is 10.2 Å². The lowest BCUT2D eigenvalue weighted by Gasteiger charge is -2.32. The lowest BCUT2D eigenvalue weighted by atomic mass is 9.97. The minimum atomic E-state index is 0.461. The normalized spacial score (nSPS) is 20.7. The number of nitrogens with zero attached hydrogens (tertiary/aromatic N) is 3. The Morgan fingerprint density at radius 2 is 2.04 bits per heavy atom. The summed E-state index contributed by atoms with van der Waals surface area (Å²) in [5, 5.41) is 3.49. The molecule has 1 saturated heterocycles. The Kier molecular flexibility index (Phi) is 4.48. The minimum absolute atomic E-state index is 0.461. The lowest BCUT2D eigenvalue weighted by Crippen LogP contribution is -2.33. The molecule has 2 aliphatic rings. The molecule has 2 aliphatic heterocycles. The van der Waals surface area contributed by atoms with Crippen LogP contribution in [0.2, 0.25) is 0 Å². The maximum Gasteiger partial charge on any atom is 0.136 e. The van der Waals surface area contributed by atoms with Gasteiger partial charge in [0, 0.05) is 36.8 Å². The molecule has 1 fully saturated rings. The topological polar surface area (TPSA) is 41.1 Å². The summed E-state index contributed by atoms with van der Waals surface area (Å²) in [6.45, 7) is 6.32. The van der Waals surface area contributed by atoms with Crippen LogP contribution in [-0.4, -0.2) is 29.6 Å². The van der Waals surface area contributed by atoms with E-state index >= 15 is 0 Å². The van der Waals surface area contributed by atoms with Crippen LogP contribution in [0.25, 0.3) is 0 Å². The van der Waals surface area contributed by atoms with Crippen molar-refractivity contribution in [2.75, 3.05) is 24.5 Å². The zero-order chi connectivity index (χ0) is 16.4. The van der Waals surface area contributed by atoms with Gasteiger partial charge in [-0.15, -0.1) is 0 Å². The molecule has 1 atom stereocenters. The molecule has 1 aromatic carbocycles. The second kappa shape index (κ2) is 6.89. The van der Waals surface area contributed by atoms with Gasteiger partial charge in [-0.05, 0) is 44.7 Å². The zero-order valence-corrected chi connectivity index (χ0v) is 14.5. The first kappa shape index (κ1) is 15.6. The number of nitrogens with one attached hydrogen (secondary N) is 1. The van der Waals surface area contributed by atoms with E-state index in [1.54, 1.807) is 0 Å². The largest absolute Gasteiger partial charge is 0.352 e. The first-order chi connectivity index (χ1) is 11.8. The van der Waals surface area contributed by atoms with Crippen molar-refractivity contribution in [3.63, 3.8) is 0 Å². The van der Waals surface area contributed by atoms with E-state index in [1.807, 2.05) is 0 Å². The molecule has 3 heterocycles. The quantitative estimate of drug-likeness (QED) is 0.942. The monoisotopic (exact) mass is 322 g/mol. The fourth-order valence-electron chi connectivity index (χ4n) is 3.92. The van der Waals surface area contributed by atoms with Crippen molar-refractivity contribution in [2.24, 2.45) is 0 Å². The standard InChI is InChI=1S/C20H26N4/c1-15-18-10-6-12-24(14-16-7-3-2-4-8-16)20(18)23-19(22-15)17-9-5-11-21-13-17/h2-4,7-8,17,21H,5-6,9-14H2,1H3/t17-/m1/s1. The summed E-state index contributed by atoms with van der Waals surface area (Å²) in [6, 6.07) is 10.7. The van der Waals surface area contributed by atoms with Gasteiger partial charge in [-0.1, -0.05) is 30.3 Å². The molecule has 0 spiro atoms. The lowest BCUT2D eigenvalue weighted by molar-refractivity contribution is 0.444. The van der Waals surface area contributed by atoms with Crippen molar-refractivity contribution >= 4 is 5.82 Å². The summed E-state index contributed by atoms with van der Waals surface area (Å²) in [5.74, 6) is 2.68. The zero-order valence-electron chi connectivity index (χ0n) is 14.5. The van der Waals surface area contributed by atoms with E-state index in [4.69, 9.17) is 9.97 Å². The number of rotatable bonds is 3. The molecule has 4 rings (SSSR count). The Labute approximate surface area is 144 Å². The highest BCUT2D eigenvalue weighted by atomic mass is 15.2. The average Bonchev–Trinajstić information content (AvgIpc) is 2.64. The van der Waals surface area contributed by atoms with Crippen molar-refractivity contribution in [1.29, 1.82) is 0 Å². The second-order valence-corrected chi connectivity index (χ2v) is 7.02. The third-order valence-electron chi connectivity index (χ3n) is 5.24. The van der Waals surface area contributed by atoms with Gasteiger partial charge in [-0.25, -0.2) is 9.97 Å². The van der Waals surface area contributed by atoms with E-state index < -0.39 is 0 Å². The number of fused-ring (bicyclic) bond motifs is 1. The van der Waals surface area contributed by atoms with Crippen LogP contribution < -0.4 is 10.2 Å². The summed E-state index contributed by atoms with van der Waals surface area (Å²) < 4.78 is 0. The number of aryl methyl sites for hydroxylation is 1. The van der Waals surface area contributed by atoms with Gasteiger partial charge in [0.15, 0.2) is 0 Å². The average molecular weight is 322 g/mol. The van der Waals surface area contributed by atoms with Gasteiger partial charge in [0.1, 0.15) is 11.6 Å². The summed E-state index contributed by atoms with van der Waals surface area (Å²) in [7, 11) is 0. The summed E-state index contributed by atoms with van der Waals surface area (Å²) >= 11 is 0. The third-order valence-corrected chi connectivity index (χ3v) is 5.24. The second-order valence-electron chi connectivity index (χ2n) is 7.02. The van der Waals surface area contributed by atoms with E-state index in [2.05, 4.69) is 47.5 Å². The van der Waals surface area contributed by atoms with Crippen molar-refractivity contribution in [3.05, 3.63) is 53.0 Å². The molecule has 4 nitrogen and oxygen atoms in total. The van der Waals surface area contributed by atoms with Crippen LogP contribution >= 0.6 is 0 Å². The smallest absolute Gasteiger partial charge is 0.136 e. The Hall–Kier alpha value is -1.94. The molecule has 0 bridgehead atoms. The highest BCUT2D eigenvalue weighted by Crippen LogP contribution is 2.31. The van der Waals surface area contributed by atoms with Crippen LogP contribution in [0.15, 0.2) is 30.3 Å². The molecule has 0 radical (unpaired) electrons. The van der Waals surface area contributed by atoms with Crippen LogP contribution in [0.3, 0.4) is 0 Å². The van der Waals surface area contributed by atoms with E-state index in [9.17, 15) is 0 Å². The number of piperidine rings is 1. The number of aromatic nitrogens is 2. The summed E-state index contributed by atoms with van der Waals surface area (Å²) in [4.78, 5) is 12.4. The molecule has 1 aromatic heterocycles. The van der Waals surface area contributed by atoms with Gasteiger partial charge in [0.2, 0.25) is 0 Å². The van der Waals surface area contributed by atoms with Crippen molar-refractivity contribution in [2.45, 2.75) is 45.1 Å². The van der Waals surface area contributed by atoms with E-state index in [-0.39, 0.29) is 0 Å². The van der Waals surface area contributed by atoms with Gasteiger partial charge in [0.25, 0.3) is 0 Å². The van der Waals surface area contributed by atoms with Crippen LogP contribution in [-0.2, 0) is 13.0 Å². The first-order valence-corrected chi connectivity index (χ1v) is 9.18. The molecule has 1 N–H and O–H groups in total. The molecule has 0 amide bonds. The Morgan fingerprint density at radius 1 is 1.17 bits per heavy atom. The fraction of sp³-hybridized carbons (Fsp3) is 0.500. The van der Waals surface area contributed by atoms with Crippen LogP contribution in [0, 0.1) is 6.92 Å². The number of benzene rings is 1. The molecule has 0 aliphatic carbocycles. The van der Waals surface area contributed by atoms with Crippen molar-refractivity contribution in [1.82, 2.24) is 15.3 Å². The first-order valence-electron chi connectivity index (χ1n) is 9.18. The molecule has 0 unspecified atom stereocenters. The van der Waals surface area contributed by atoms with Crippen molar-refractivity contribution in [3.8, 4) is 0 Å². The van der Waals surface area contributed by atoms with Crippen molar-refractivity contribution < 1.29 is 0 Å². The molecular weight excluding hydrogens is 296 g/mol. The van der Waals surface area contributed by atoms with Gasteiger partial charge in [0.05, 0.1) is 0 Å². The van der Waals surface area contributed by atoms with Crippen LogP contribution in [0.1, 0.15) is 47.8 Å². The number of hydrogen-bond donors (Lipinski definition) is 1. The molecule has 4 heteroatoms. The maximum atomic E-state index is 5.05. The van der Waals surface area contributed by atoms with E-state index in [1.165, 1.54) is 41.9 Å². The SMILES string of the molecule is Cc1nc([C@@H]2CCCNC2)nc2c1CCCN2Cc1ccccc1. The number of anilines is 1. The molecule has 0 saturated carbocycles. The fourth-order valence-corrected chi connectivity index (χ4v) is 3.92. The predicted molar refractivity (Wildman–Crippen MR) is 97.4 cm³/mol. The van der Waals surface area contributed by atoms with Gasteiger partial charge >= 0.3 is 0 Å². The number of hydrogen-bond acceptors (Lipinski definition) is 4. The Morgan fingerprint density at radius 3 is 2.83 bits per heavy atom. The maximum absolute atomic E-state index is 5.05. The molecule has 2 aromatic rings. The third kappa shape index (κ3) is 3.16. The van der Waals surface area contributed by atoms with Crippen LogP contribution in [0.4, 0.5) is 5.82 Å². The van der Waals surface area contributed by atoms with E-state index in [0.717, 1.165) is 38.4 Å². The molecule has 126 valence electrons. The highest BCUT2D eigenvalue weighted by Gasteiger charge is 2.25. The van der Waals surface area contributed by atoms with Gasteiger partial charge in [-0.3, -0.25) is 0 Å². The van der Waals surface area contributed by atoms with E-state index in [0.29, 0.717) is 5.92 Å². The summed E-state index contributed by atoms with van der Waals surface area (Å²) in [5.41, 5.74) is 3.88. The summed E-state index contributed by atoms with van der Waals surface area (Å²) in [6.07, 6.45) is 4.71. The Balaban J connectivity index is 1.65. The predicted octanol–water partition coefficient (Wildman–Crippen LogP) is 3.20. The molecular formula is C20H26N4.